The number of benzene rings is 7. The minimum atomic E-state index is 0.646. The Morgan fingerprint density at radius 1 is 0.468 bits per heavy atom. The van der Waals surface area contributed by atoms with E-state index in [1.165, 1.54) is 42.4 Å². The molecule has 4 heteroatoms. The molecule has 0 fully saturated rings. The third kappa shape index (κ3) is 4.96. The number of thiophene rings is 1. The summed E-state index contributed by atoms with van der Waals surface area (Å²) in [5.41, 5.74) is 10.8. The Bertz CT molecular complexity index is 2400. The van der Waals surface area contributed by atoms with Crippen LogP contribution in [0.1, 0.15) is 0 Å². The van der Waals surface area contributed by atoms with Crippen molar-refractivity contribution < 1.29 is 4.42 Å². The van der Waals surface area contributed by atoms with Gasteiger partial charge in [0.1, 0.15) is 5.52 Å². The van der Waals surface area contributed by atoms with E-state index in [1.54, 1.807) is 11.3 Å². The normalized spacial score (nSPS) is 11.4. The molecule has 2 heterocycles. The quantitative estimate of drug-likeness (QED) is 0.185. The lowest BCUT2D eigenvalue weighted by atomic mass is 10.0. The van der Waals surface area contributed by atoms with Crippen LogP contribution in [0.3, 0.4) is 0 Å². The number of nitrogens with zero attached hydrogens (tertiary/aromatic N) is 2. The number of hydrogen-bond acceptors (Lipinski definition) is 4. The maximum absolute atomic E-state index is 6.28. The van der Waals surface area contributed by atoms with Crippen LogP contribution in [0.2, 0.25) is 0 Å². The first-order valence-corrected chi connectivity index (χ1v) is 16.5. The zero-order valence-electron chi connectivity index (χ0n) is 25.4. The first-order chi connectivity index (χ1) is 23.3. The molecule has 222 valence electrons. The van der Waals surface area contributed by atoms with Gasteiger partial charge in [-0.25, -0.2) is 4.98 Å². The maximum atomic E-state index is 6.28. The predicted octanol–water partition coefficient (Wildman–Crippen LogP) is 12.7. The van der Waals surface area contributed by atoms with Gasteiger partial charge in [-0.3, -0.25) is 0 Å². The van der Waals surface area contributed by atoms with Crippen molar-refractivity contribution >= 4 is 59.7 Å². The molecule has 0 aliphatic rings. The summed E-state index contributed by atoms with van der Waals surface area (Å²) >= 11 is 1.80. The van der Waals surface area contributed by atoms with Crippen LogP contribution in [0.5, 0.6) is 0 Å². The maximum Gasteiger partial charge on any atom is 0.227 e. The molecule has 9 rings (SSSR count). The van der Waals surface area contributed by atoms with E-state index in [9.17, 15) is 0 Å². The molecule has 0 spiro atoms. The summed E-state index contributed by atoms with van der Waals surface area (Å²) in [5, 5.41) is 2.38. The van der Waals surface area contributed by atoms with Crippen molar-refractivity contribution in [2.75, 3.05) is 4.90 Å². The largest absolute Gasteiger partial charge is 0.436 e. The minimum absolute atomic E-state index is 0.646. The second kappa shape index (κ2) is 11.4. The molecule has 0 N–H and O–H groups in total. The van der Waals surface area contributed by atoms with Gasteiger partial charge < -0.3 is 9.32 Å². The Labute approximate surface area is 276 Å². The van der Waals surface area contributed by atoms with Crippen molar-refractivity contribution in [2.24, 2.45) is 0 Å². The van der Waals surface area contributed by atoms with E-state index in [4.69, 9.17) is 9.40 Å². The SMILES string of the molecule is c1ccc(-c2ccc(N(c3ccc(-c4ccccc4)cc3)c3cccc4c3sc3cc5nc(-c6ccccc6)oc5cc34)cc2)cc1. The molecule has 0 atom stereocenters. The molecule has 0 unspecified atom stereocenters. The van der Waals surface area contributed by atoms with Crippen LogP contribution in [-0.4, -0.2) is 4.98 Å². The molecule has 0 aliphatic heterocycles. The Hall–Kier alpha value is -5.97. The van der Waals surface area contributed by atoms with Gasteiger partial charge in [-0.1, -0.05) is 115 Å². The lowest BCUT2D eigenvalue weighted by molar-refractivity contribution is 0.620. The fraction of sp³-hybridized carbons (Fsp3) is 0. The Morgan fingerprint density at radius 2 is 1.00 bits per heavy atom. The van der Waals surface area contributed by atoms with Gasteiger partial charge in [-0.2, -0.15) is 0 Å². The van der Waals surface area contributed by atoms with Crippen molar-refractivity contribution in [2.45, 2.75) is 0 Å². The van der Waals surface area contributed by atoms with Crippen LogP contribution < -0.4 is 4.90 Å². The molecule has 9 aromatic rings. The third-order valence-corrected chi connectivity index (χ3v) is 9.90. The number of rotatable bonds is 6. The molecule has 47 heavy (non-hydrogen) atoms. The van der Waals surface area contributed by atoms with Crippen LogP contribution in [-0.2, 0) is 0 Å². The number of oxazole rings is 1. The van der Waals surface area contributed by atoms with Crippen LogP contribution >= 0.6 is 11.3 Å². The molecule has 0 radical (unpaired) electrons. The van der Waals surface area contributed by atoms with Crippen molar-refractivity contribution in [1.29, 1.82) is 0 Å². The Kier molecular flexibility index (Phi) is 6.65. The molecule has 7 aromatic carbocycles. The lowest BCUT2D eigenvalue weighted by Crippen LogP contribution is -2.10. The first-order valence-electron chi connectivity index (χ1n) is 15.7. The molecule has 0 bridgehead atoms. The standard InChI is InChI=1S/C43H28N2OS/c1-4-11-29(12-5-1)31-19-23-34(24-20-31)45(35-25-21-32(22-26-35)30-13-6-2-7-14-30)39-18-10-17-36-37-27-40-38(28-41(37)47-42(36)39)44-43(46-40)33-15-8-3-9-16-33/h1-28H. The molecular weight excluding hydrogens is 593 g/mol. The van der Waals surface area contributed by atoms with E-state index in [-0.39, 0.29) is 0 Å². The fourth-order valence-corrected chi connectivity index (χ4v) is 7.60. The molecule has 3 nitrogen and oxygen atoms in total. The first kappa shape index (κ1) is 27.3. The molecule has 0 aliphatic carbocycles. The second-order valence-corrected chi connectivity index (χ2v) is 12.7. The molecular formula is C43H28N2OS. The summed E-state index contributed by atoms with van der Waals surface area (Å²) < 4.78 is 8.68. The smallest absolute Gasteiger partial charge is 0.227 e. The van der Waals surface area contributed by atoms with Gasteiger partial charge in [0.25, 0.3) is 0 Å². The van der Waals surface area contributed by atoms with E-state index in [0.29, 0.717) is 5.89 Å². The second-order valence-electron chi connectivity index (χ2n) is 11.6. The van der Waals surface area contributed by atoms with E-state index < -0.39 is 0 Å². The number of fused-ring (bicyclic) bond motifs is 4. The monoisotopic (exact) mass is 620 g/mol. The van der Waals surface area contributed by atoms with E-state index in [1.807, 2.05) is 30.3 Å². The highest BCUT2D eigenvalue weighted by Gasteiger charge is 2.20. The molecule has 0 saturated heterocycles. The van der Waals surface area contributed by atoms with E-state index in [0.717, 1.165) is 33.7 Å². The van der Waals surface area contributed by atoms with Gasteiger partial charge in [0.15, 0.2) is 5.58 Å². The summed E-state index contributed by atoms with van der Waals surface area (Å²) in [6.45, 7) is 0. The fourth-order valence-electron chi connectivity index (χ4n) is 6.38. The topological polar surface area (TPSA) is 29.3 Å². The van der Waals surface area contributed by atoms with Crippen LogP contribution in [0.25, 0.3) is 65.0 Å². The van der Waals surface area contributed by atoms with Crippen molar-refractivity contribution in [3.63, 3.8) is 0 Å². The lowest BCUT2D eigenvalue weighted by Gasteiger charge is -2.26. The van der Waals surface area contributed by atoms with Gasteiger partial charge in [0, 0.05) is 32.4 Å². The molecule has 0 saturated carbocycles. The summed E-state index contributed by atoms with van der Waals surface area (Å²) in [4.78, 5) is 7.22. The average Bonchev–Trinajstić information content (AvgIpc) is 3.73. The Morgan fingerprint density at radius 3 is 1.57 bits per heavy atom. The van der Waals surface area contributed by atoms with Gasteiger partial charge in [-0.15, -0.1) is 11.3 Å². The van der Waals surface area contributed by atoms with E-state index >= 15 is 0 Å². The average molecular weight is 621 g/mol. The van der Waals surface area contributed by atoms with Gasteiger partial charge in [0.05, 0.1) is 10.4 Å². The van der Waals surface area contributed by atoms with Gasteiger partial charge in [0.2, 0.25) is 5.89 Å². The van der Waals surface area contributed by atoms with Crippen LogP contribution in [0.4, 0.5) is 17.1 Å². The van der Waals surface area contributed by atoms with Gasteiger partial charge >= 0.3 is 0 Å². The molecule has 2 aromatic heterocycles. The van der Waals surface area contributed by atoms with Crippen molar-refractivity contribution in [1.82, 2.24) is 4.98 Å². The van der Waals surface area contributed by atoms with Crippen molar-refractivity contribution in [3.8, 4) is 33.7 Å². The molecule has 0 amide bonds. The predicted molar refractivity (Wildman–Crippen MR) is 198 cm³/mol. The number of hydrogen-bond donors (Lipinski definition) is 0. The van der Waals surface area contributed by atoms with Crippen LogP contribution in [0, 0.1) is 0 Å². The zero-order chi connectivity index (χ0) is 31.2. The highest BCUT2D eigenvalue weighted by atomic mass is 32.1. The minimum Gasteiger partial charge on any atom is -0.436 e. The highest BCUT2D eigenvalue weighted by Crippen LogP contribution is 2.46. The number of aromatic nitrogens is 1. The van der Waals surface area contributed by atoms with Gasteiger partial charge in [-0.05, 0) is 76.9 Å². The summed E-state index contributed by atoms with van der Waals surface area (Å²) in [5.74, 6) is 0.646. The summed E-state index contributed by atoms with van der Waals surface area (Å²) in [6.07, 6.45) is 0. The zero-order valence-corrected chi connectivity index (χ0v) is 26.2. The summed E-state index contributed by atoms with van der Waals surface area (Å²) in [6, 6.07) is 59.8. The van der Waals surface area contributed by atoms with Crippen LogP contribution in [0.15, 0.2) is 174 Å². The Balaban J connectivity index is 1.19. The van der Waals surface area contributed by atoms with Crippen molar-refractivity contribution in [3.05, 3.63) is 170 Å². The highest BCUT2D eigenvalue weighted by molar-refractivity contribution is 7.26. The third-order valence-electron chi connectivity index (χ3n) is 8.71. The summed E-state index contributed by atoms with van der Waals surface area (Å²) in [7, 11) is 0. The van der Waals surface area contributed by atoms with E-state index in [2.05, 4.69) is 144 Å². The number of anilines is 3.